The van der Waals surface area contributed by atoms with Crippen molar-refractivity contribution < 1.29 is 14.3 Å². The van der Waals surface area contributed by atoms with E-state index in [1.54, 1.807) is 6.21 Å². The predicted molar refractivity (Wildman–Crippen MR) is 127 cm³/mol. The van der Waals surface area contributed by atoms with Crippen molar-refractivity contribution in [2.45, 2.75) is 25.5 Å². The van der Waals surface area contributed by atoms with Gasteiger partial charge in [0.2, 0.25) is 5.91 Å². The topological polar surface area (TPSA) is 102 Å². The van der Waals surface area contributed by atoms with Crippen molar-refractivity contribution in [2.75, 3.05) is 32.1 Å². The largest absolute Gasteiger partial charge is 0.378 e. The van der Waals surface area contributed by atoms with Gasteiger partial charge in [0, 0.05) is 47.1 Å². The highest BCUT2D eigenvalue weighted by atomic mass is 32.2. The minimum atomic E-state index is -0.245. The molecule has 1 fully saturated rings. The van der Waals surface area contributed by atoms with Crippen LogP contribution in [0.1, 0.15) is 17.0 Å². The maximum atomic E-state index is 12.7. The lowest BCUT2D eigenvalue weighted by molar-refractivity contribution is -0.135. The summed E-state index contributed by atoms with van der Waals surface area (Å²) in [6.45, 7) is 6.41. The Morgan fingerprint density at radius 2 is 1.91 bits per heavy atom. The number of benzene rings is 1. The average Bonchev–Trinajstić information content (AvgIpc) is 3.15. The molecule has 0 bridgehead atoms. The highest BCUT2D eigenvalue weighted by molar-refractivity contribution is 7.99. The number of hydrogen-bond donors (Lipinski definition) is 1. The van der Waals surface area contributed by atoms with Crippen LogP contribution in [0.5, 0.6) is 0 Å². The molecule has 4 rings (SSSR count). The molecule has 0 radical (unpaired) electrons. The lowest BCUT2D eigenvalue weighted by atomic mass is 10.2. The van der Waals surface area contributed by atoms with Gasteiger partial charge in [0.05, 0.1) is 25.2 Å². The number of nitrogens with zero attached hydrogens (tertiary/aromatic N) is 5. The SMILES string of the molecule is Cc1cc(C)nc(SCC(=O)N/N=C/c2cn(CC(=O)N3CCOCC3)c3ccccc23)n1. The van der Waals surface area contributed by atoms with Gasteiger partial charge in [-0.1, -0.05) is 30.0 Å². The number of para-hydroxylation sites is 1. The molecule has 2 aromatic heterocycles. The van der Waals surface area contributed by atoms with Crippen LogP contribution in [0.2, 0.25) is 0 Å². The van der Waals surface area contributed by atoms with Crippen molar-refractivity contribution in [3.8, 4) is 0 Å². The van der Waals surface area contributed by atoms with Gasteiger partial charge >= 0.3 is 0 Å². The summed E-state index contributed by atoms with van der Waals surface area (Å²) < 4.78 is 7.25. The minimum absolute atomic E-state index is 0.0569. The van der Waals surface area contributed by atoms with Crippen molar-refractivity contribution in [1.82, 2.24) is 24.9 Å². The molecule has 1 aliphatic rings. The molecule has 0 spiro atoms. The molecule has 0 saturated carbocycles. The van der Waals surface area contributed by atoms with E-state index in [1.807, 2.05) is 59.8 Å². The van der Waals surface area contributed by atoms with Crippen LogP contribution in [-0.4, -0.2) is 69.5 Å². The van der Waals surface area contributed by atoms with Crippen LogP contribution in [-0.2, 0) is 20.9 Å². The summed E-state index contributed by atoms with van der Waals surface area (Å²) in [6, 6.07) is 9.71. The van der Waals surface area contributed by atoms with E-state index in [4.69, 9.17) is 4.74 Å². The third-order valence-corrected chi connectivity index (χ3v) is 6.02. The zero-order chi connectivity index (χ0) is 23.2. The van der Waals surface area contributed by atoms with Crippen LogP contribution in [0, 0.1) is 13.8 Å². The molecule has 0 unspecified atom stereocenters. The molecule has 1 saturated heterocycles. The Bertz CT molecular complexity index is 1170. The van der Waals surface area contributed by atoms with Crippen LogP contribution in [0.4, 0.5) is 0 Å². The zero-order valence-corrected chi connectivity index (χ0v) is 19.5. The molecular formula is C23H26N6O3S. The van der Waals surface area contributed by atoms with Crippen molar-refractivity contribution in [1.29, 1.82) is 0 Å². The van der Waals surface area contributed by atoms with E-state index < -0.39 is 0 Å². The second-order valence-corrected chi connectivity index (χ2v) is 8.68. The van der Waals surface area contributed by atoms with Crippen LogP contribution in [0.3, 0.4) is 0 Å². The van der Waals surface area contributed by atoms with Crippen LogP contribution in [0.15, 0.2) is 46.8 Å². The lowest BCUT2D eigenvalue weighted by Gasteiger charge is -2.27. The van der Waals surface area contributed by atoms with E-state index in [2.05, 4.69) is 20.5 Å². The van der Waals surface area contributed by atoms with E-state index in [0.29, 0.717) is 31.5 Å². The first kappa shape index (κ1) is 22.9. The Morgan fingerprint density at radius 1 is 1.18 bits per heavy atom. The van der Waals surface area contributed by atoms with Crippen LogP contribution < -0.4 is 5.43 Å². The molecule has 9 nitrogen and oxygen atoms in total. The smallest absolute Gasteiger partial charge is 0.250 e. The summed E-state index contributed by atoms with van der Waals surface area (Å²) in [5, 5.41) is 5.65. The number of carbonyl (C=O) groups is 2. The molecule has 172 valence electrons. The fourth-order valence-corrected chi connectivity index (χ4v) is 4.40. The Morgan fingerprint density at radius 3 is 2.67 bits per heavy atom. The first-order chi connectivity index (χ1) is 16.0. The number of aromatic nitrogens is 3. The minimum Gasteiger partial charge on any atom is -0.378 e. The Hall–Kier alpha value is -3.24. The van der Waals surface area contributed by atoms with Gasteiger partial charge in [-0.15, -0.1) is 0 Å². The van der Waals surface area contributed by atoms with Crippen molar-refractivity contribution in [2.24, 2.45) is 5.10 Å². The van der Waals surface area contributed by atoms with Gasteiger partial charge in [0.25, 0.3) is 5.91 Å². The van der Waals surface area contributed by atoms with Crippen molar-refractivity contribution in [3.63, 3.8) is 0 Å². The number of ether oxygens (including phenoxy) is 1. The molecule has 33 heavy (non-hydrogen) atoms. The van der Waals surface area contributed by atoms with Crippen molar-refractivity contribution in [3.05, 3.63) is 53.5 Å². The molecule has 1 aliphatic heterocycles. The summed E-state index contributed by atoms with van der Waals surface area (Å²) in [5.74, 6) is -0.0255. The lowest BCUT2D eigenvalue weighted by Crippen LogP contribution is -2.42. The number of morpholine rings is 1. The van der Waals surface area contributed by atoms with E-state index in [-0.39, 0.29) is 24.1 Å². The Balaban J connectivity index is 1.39. The van der Waals surface area contributed by atoms with E-state index in [9.17, 15) is 9.59 Å². The molecular weight excluding hydrogens is 440 g/mol. The first-order valence-electron chi connectivity index (χ1n) is 10.7. The quantitative estimate of drug-likeness (QED) is 0.248. The normalized spacial score (nSPS) is 14.2. The van der Waals surface area contributed by atoms with Gasteiger partial charge in [-0.25, -0.2) is 15.4 Å². The maximum absolute atomic E-state index is 12.7. The fourth-order valence-electron chi connectivity index (χ4n) is 3.66. The van der Waals surface area contributed by atoms with Crippen LogP contribution in [0.25, 0.3) is 10.9 Å². The number of aryl methyl sites for hydroxylation is 2. The van der Waals surface area contributed by atoms with E-state index in [0.717, 1.165) is 27.9 Å². The third-order valence-electron chi connectivity index (χ3n) is 5.18. The summed E-state index contributed by atoms with van der Waals surface area (Å²) in [6.07, 6.45) is 3.49. The monoisotopic (exact) mass is 466 g/mol. The fraction of sp³-hybridized carbons (Fsp3) is 0.348. The highest BCUT2D eigenvalue weighted by Gasteiger charge is 2.18. The number of amides is 2. The molecule has 3 heterocycles. The number of carbonyl (C=O) groups excluding carboxylic acids is 2. The van der Waals surface area contributed by atoms with Gasteiger partial charge in [0.15, 0.2) is 5.16 Å². The van der Waals surface area contributed by atoms with Gasteiger partial charge in [-0.05, 0) is 26.0 Å². The number of hydrogen-bond acceptors (Lipinski definition) is 7. The molecule has 1 N–H and O–H groups in total. The Kier molecular flexibility index (Phi) is 7.36. The first-order valence-corrected chi connectivity index (χ1v) is 11.7. The molecule has 0 atom stereocenters. The summed E-state index contributed by atoms with van der Waals surface area (Å²) in [5.41, 5.74) is 6.05. The summed E-state index contributed by atoms with van der Waals surface area (Å²) in [7, 11) is 0. The number of rotatable bonds is 7. The van der Waals surface area contributed by atoms with Gasteiger partial charge in [-0.3, -0.25) is 9.59 Å². The number of thioether (sulfide) groups is 1. The second-order valence-electron chi connectivity index (χ2n) is 7.74. The van der Waals surface area contributed by atoms with Crippen molar-refractivity contribution >= 4 is 40.7 Å². The average molecular weight is 467 g/mol. The maximum Gasteiger partial charge on any atom is 0.250 e. The molecule has 0 aliphatic carbocycles. The number of nitrogens with one attached hydrogen (secondary N) is 1. The number of fused-ring (bicyclic) bond motifs is 1. The molecule has 3 aromatic rings. The van der Waals surface area contributed by atoms with E-state index in [1.165, 1.54) is 11.8 Å². The van der Waals surface area contributed by atoms with Gasteiger partial charge in [0.1, 0.15) is 6.54 Å². The zero-order valence-electron chi connectivity index (χ0n) is 18.7. The van der Waals surface area contributed by atoms with Crippen LogP contribution >= 0.6 is 11.8 Å². The molecule has 2 amide bonds. The molecule has 1 aromatic carbocycles. The second kappa shape index (κ2) is 10.6. The highest BCUT2D eigenvalue weighted by Crippen LogP contribution is 2.20. The summed E-state index contributed by atoms with van der Waals surface area (Å²) in [4.78, 5) is 35.4. The van der Waals surface area contributed by atoms with Gasteiger partial charge in [-0.2, -0.15) is 5.10 Å². The third kappa shape index (κ3) is 5.96. The predicted octanol–water partition coefficient (Wildman–Crippen LogP) is 2.15. The van der Waals surface area contributed by atoms with Gasteiger partial charge < -0.3 is 14.2 Å². The Labute approximate surface area is 196 Å². The molecule has 10 heteroatoms. The summed E-state index contributed by atoms with van der Waals surface area (Å²) >= 11 is 1.27. The number of hydrazone groups is 1. The standard InChI is InChI=1S/C23H26N6O3S/c1-16-11-17(2)26-23(25-16)33-15-21(30)27-24-12-18-13-29(20-6-4-3-5-19(18)20)14-22(31)28-7-9-32-10-8-28/h3-6,11-13H,7-10,14-15H2,1-2H3,(H,27,30)/b24-12+. The van der Waals surface area contributed by atoms with E-state index >= 15 is 0 Å².